The zero-order valence-electron chi connectivity index (χ0n) is 15.5. The predicted octanol–water partition coefficient (Wildman–Crippen LogP) is 6.75. The Balaban J connectivity index is 3.23. The molecule has 0 bridgehead atoms. The lowest BCUT2D eigenvalue weighted by Crippen LogP contribution is -2.04. The van der Waals surface area contributed by atoms with E-state index >= 15 is 0 Å². The Hall–Kier alpha value is -1.05. The van der Waals surface area contributed by atoms with E-state index in [1.54, 1.807) is 0 Å². The van der Waals surface area contributed by atoms with Crippen molar-refractivity contribution >= 4 is 5.97 Å². The van der Waals surface area contributed by atoms with Crippen molar-refractivity contribution in [1.29, 1.82) is 0 Å². The number of esters is 1. The molecular formula is C21H38O2. The Bertz CT molecular complexity index is 305. The summed E-state index contributed by atoms with van der Waals surface area (Å²) >= 11 is 0. The second-order valence-electron chi connectivity index (χ2n) is 6.20. The van der Waals surface area contributed by atoms with Crippen LogP contribution in [-0.2, 0) is 9.53 Å². The van der Waals surface area contributed by atoms with Crippen LogP contribution in [0.4, 0.5) is 0 Å². The number of ether oxygens (including phenoxy) is 1. The number of carbonyl (C=O) groups is 1. The Morgan fingerprint density at radius 3 is 2.00 bits per heavy atom. The lowest BCUT2D eigenvalue weighted by Gasteiger charge is -2.02. The molecule has 0 radical (unpaired) electrons. The molecule has 0 fully saturated rings. The molecule has 0 atom stereocenters. The van der Waals surface area contributed by atoms with E-state index in [1.165, 1.54) is 51.4 Å². The van der Waals surface area contributed by atoms with E-state index in [4.69, 9.17) is 4.74 Å². The quantitative estimate of drug-likeness (QED) is 0.178. The summed E-state index contributed by atoms with van der Waals surface area (Å²) in [6.45, 7) is 4.83. The van der Waals surface area contributed by atoms with Crippen LogP contribution in [0.5, 0.6) is 0 Å². The maximum absolute atomic E-state index is 11.3. The van der Waals surface area contributed by atoms with Gasteiger partial charge in [0.1, 0.15) is 0 Å². The number of hydrogen-bond acceptors (Lipinski definition) is 2. The van der Waals surface area contributed by atoms with Gasteiger partial charge in [0.2, 0.25) is 0 Å². The van der Waals surface area contributed by atoms with Crippen LogP contribution < -0.4 is 0 Å². The molecule has 23 heavy (non-hydrogen) atoms. The third-order valence-corrected chi connectivity index (χ3v) is 3.80. The molecule has 0 N–H and O–H groups in total. The van der Waals surface area contributed by atoms with Crippen LogP contribution in [-0.4, -0.2) is 12.6 Å². The molecule has 0 aromatic heterocycles. The van der Waals surface area contributed by atoms with Gasteiger partial charge in [-0.15, -0.1) is 0 Å². The molecule has 0 rings (SSSR count). The molecule has 0 saturated heterocycles. The molecule has 0 saturated carbocycles. The van der Waals surface area contributed by atoms with Crippen LogP contribution in [0.2, 0.25) is 0 Å². The molecule has 2 heteroatoms. The first-order chi connectivity index (χ1) is 11.3. The second kappa shape index (κ2) is 19.0. The summed E-state index contributed by atoms with van der Waals surface area (Å²) in [5.74, 6) is -0.0301. The van der Waals surface area contributed by atoms with Crippen LogP contribution in [0.3, 0.4) is 0 Å². The highest BCUT2D eigenvalue weighted by Gasteiger charge is 2.00. The first kappa shape index (κ1) is 21.9. The van der Waals surface area contributed by atoms with Crippen molar-refractivity contribution in [3.05, 3.63) is 24.3 Å². The molecule has 0 aromatic rings. The van der Waals surface area contributed by atoms with Gasteiger partial charge in [-0.3, -0.25) is 4.79 Å². The summed E-state index contributed by atoms with van der Waals surface area (Å²) in [7, 11) is 0. The zero-order chi connectivity index (χ0) is 17.0. The van der Waals surface area contributed by atoms with Gasteiger partial charge >= 0.3 is 5.97 Å². The number of allylic oxidation sites excluding steroid dienone is 4. The van der Waals surface area contributed by atoms with E-state index in [0.29, 0.717) is 13.0 Å². The van der Waals surface area contributed by atoms with Crippen LogP contribution in [0.15, 0.2) is 24.3 Å². The highest BCUT2D eigenvalue weighted by atomic mass is 16.5. The SMILES string of the molecule is CCCCC/C=C\C/C=C/CCCCCCCC(=O)OCCC. The molecule has 0 heterocycles. The third kappa shape index (κ3) is 18.9. The van der Waals surface area contributed by atoms with Crippen LogP contribution in [0.1, 0.15) is 97.3 Å². The summed E-state index contributed by atoms with van der Waals surface area (Å²) in [6, 6.07) is 0. The Morgan fingerprint density at radius 2 is 1.35 bits per heavy atom. The summed E-state index contributed by atoms with van der Waals surface area (Å²) < 4.78 is 5.06. The van der Waals surface area contributed by atoms with Crippen molar-refractivity contribution in [3.8, 4) is 0 Å². The molecule has 0 aliphatic heterocycles. The maximum Gasteiger partial charge on any atom is 0.305 e. The Labute approximate surface area is 144 Å². The normalized spacial score (nSPS) is 11.6. The predicted molar refractivity (Wildman–Crippen MR) is 101 cm³/mol. The summed E-state index contributed by atoms with van der Waals surface area (Å²) in [5, 5.41) is 0. The monoisotopic (exact) mass is 322 g/mol. The van der Waals surface area contributed by atoms with Crippen LogP contribution >= 0.6 is 0 Å². The molecule has 0 aliphatic rings. The topological polar surface area (TPSA) is 26.3 Å². The van der Waals surface area contributed by atoms with E-state index < -0.39 is 0 Å². The Morgan fingerprint density at radius 1 is 0.739 bits per heavy atom. The van der Waals surface area contributed by atoms with E-state index in [9.17, 15) is 4.79 Å². The first-order valence-corrected chi connectivity index (χ1v) is 9.76. The van der Waals surface area contributed by atoms with E-state index in [1.807, 2.05) is 6.92 Å². The van der Waals surface area contributed by atoms with Crippen molar-refractivity contribution in [1.82, 2.24) is 0 Å². The van der Waals surface area contributed by atoms with Crippen molar-refractivity contribution < 1.29 is 9.53 Å². The highest BCUT2D eigenvalue weighted by Crippen LogP contribution is 2.08. The van der Waals surface area contributed by atoms with Gasteiger partial charge in [0.25, 0.3) is 0 Å². The van der Waals surface area contributed by atoms with Gasteiger partial charge in [-0.05, 0) is 44.9 Å². The summed E-state index contributed by atoms with van der Waals surface area (Å²) in [6.07, 6.45) is 24.0. The van der Waals surface area contributed by atoms with Crippen molar-refractivity contribution in [2.45, 2.75) is 97.3 Å². The van der Waals surface area contributed by atoms with Gasteiger partial charge in [0.15, 0.2) is 0 Å². The van der Waals surface area contributed by atoms with Crippen LogP contribution in [0.25, 0.3) is 0 Å². The molecule has 2 nitrogen and oxygen atoms in total. The smallest absolute Gasteiger partial charge is 0.305 e. The van der Waals surface area contributed by atoms with E-state index in [0.717, 1.165) is 25.7 Å². The summed E-state index contributed by atoms with van der Waals surface area (Å²) in [5.41, 5.74) is 0. The fourth-order valence-electron chi connectivity index (χ4n) is 2.37. The fourth-order valence-corrected chi connectivity index (χ4v) is 2.37. The minimum Gasteiger partial charge on any atom is -0.466 e. The van der Waals surface area contributed by atoms with Gasteiger partial charge in [-0.2, -0.15) is 0 Å². The first-order valence-electron chi connectivity index (χ1n) is 9.76. The van der Waals surface area contributed by atoms with E-state index in [-0.39, 0.29) is 5.97 Å². The number of carbonyl (C=O) groups excluding carboxylic acids is 1. The maximum atomic E-state index is 11.3. The minimum absolute atomic E-state index is 0.0301. The molecule has 0 unspecified atom stereocenters. The largest absolute Gasteiger partial charge is 0.466 e. The fraction of sp³-hybridized carbons (Fsp3) is 0.762. The number of unbranched alkanes of at least 4 members (excludes halogenated alkanes) is 8. The van der Waals surface area contributed by atoms with E-state index in [2.05, 4.69) is 31.2 Å². The van der Waals surface area contributed by atoms with Gasteiger partial charge in [-0.1, -0.05) is 70.3 Å². The zero-order valence-corrected chi connectivity index (χ0v) is 15.5. The molecule has 0 aromatic carbocycles. The molecular weight excluding hydrogens is 284 g/mol. The van der Waals surface area contributed by atoms with Gasteiger partial charge in [-0.25, -0.2) is 0 Å². The van der Waals surface area contributed by atoms with Crippen molar-refractivity contribution in [3.63, 3.8) is 0 Å². The average Bonchev–Trinajstić information content (AvgIpc) is 2.56. The number of hydrogen-bond donors (Lipinski definition) is 0. The van der Waals surface area contributed by atoms with Gasteiger partial charge in [0, 0.05) is 6.42 Å². The molecule has 0 spiro atoms. The van der Waals surface area contributed by atoms with Gasteiger partial charge in [0.05, 0.1) is 6.61 Å². The van der Waals surface area contributed by atoms with Crippen LogP contribution in [0, 0.1) is 0 Å². The average molecular weight is 323 g/mol. The van der Waals surface area contributed by atoms with Crippen molar-refractivity contribution in [2.75, 3.05) is 6.61 Å². The lowest BCUT2D eigenvalue weighted by atomic mass is 10.1. The lowest BCUT2D eigenvalue weighted by molar-refractivity contribution is -0.143. The molecule has 0 aliphatic carbocycles. The summed E-state index contributed by atoms with van der Waals surface area (Å²) in [4.78, 5) is 11.3. The Kier molecular flexibility index (Phi) is 18.1. The molecule has 0 amide bonds. The standard InChI is InChI=1S/C21H38O2/c1-3-5-6-7-8-9-10-11-12-13-14-15-16-17-18-19-21(22)23-20-4-2/h8-9,11-12H,3-7,10,13-20H2,1-2H3/b9-8-,12-11+. The third-order valence-electron chi connectivity index (χ3n) is 3.80. The second-order valence-corrected chi connectivity index (χ2v) is 6.20. The highest BCUT2D eigenvalue weighted by molar-refractivity contribution is 5.69. The molecule has 134 valence electrons. The number of rotatable bonds is 16. The van der Waals surface area contributed by atoms with Crippen molar-refractivity contribution in [2.24, 2.45) is 0 Å². The van der Waals surface area contributed by atoms with Gasteiger partial charge < -0.3 is 4.74 Å². The minimum atomic E-state index is -0.0301.